The van der Waals surface area contributed by atoms with Crippen molar-refractivity contribution in [2.24, 2.45) is 0 Å². The zero-order valence-electron chi connectivity index (χ0n) is 19.9. The first-order valence-corrected chi connectivity index (χ1v) is 11.4. The molecule has 0 aromatic heterocycles. The van der Waals surface area contributed by atoms with Crippen LogP contribution in [0.25, 0.3) is 0 Å². The third-order valence-electron chi connectivity index (χ3n) is 5.34. The van der Waals surface area contributed by atoms with Crippen molar-refractivity contribution in [1.29, 1.82) is 0 Å². The predicted octanol–water partition coefficient (Wildman–Crippen LogP) is 3.91. The maximum Gasteiger partial charge on any atom is 0.224 e. The third-order valence-corrected chi connectivity index (χ3v) is 5.34. The number of carbonyl (C=O) groups is 1. The number of ether oxygens (including phenoxy) is 5. The molecule has 8 nitrogen and oxygen atoms in total. The summed E-state index contributed by atoms with van der Waals surface area (Å²) in [6.07, 6.45) is 0.852. The largest absolute Gasteiger partial charge is 0.497 e. The number of morpholine rings is 1. The number of nitrogens with zero attached hydrogens (tertiary/aromatic N) is 1. The molecule has 8 heteroatoms. The van der Waals surface area contributed by atoms with Crippen molar-refractivity contribution < 1.29 is 28.5 Å². The molecule has 1 aliphatic heterocycles. The van der Waals surface area contributed by atoms with Crippen molar-refractivity contribution in [2.75, 3.05) is 64.0 Å². The zero-order valence-corrected chi connectivity index (χ0v) is 19.9. The lowest BCUT2D eigenvalue weighted by atomic mass is 10.1. The molecule has 0 bridgehead atoms. The highest BCUT2D eigenvalue weighted by Crippen LogP contribution is 2.39. The number of anilines is 2. The first-order valence-electron chi connectivity index (χ1n) is 11.4. The minimum atomic E-state index is -0.112. The monoisotopic (exact) mass is 458 g/mol. The molecule has 0 atom stereocenters. The molecule has 1 N–H and O–H groups in total. The van der Waals surface area contributed by atoms with E-state index >= 15 is 0 Å². The normalized spacial score (nSPS) is 13.4. The first-order chi connectivity index (χ1) is 16.1. The Labute approximate surface area is 195 Å². The molecule has 1 amide bonds. The fourth-order valence-electron chi connectivity index (χ4n) is 3.73. The second-order valence-electron chi connectivity index (χ2n) is 7.55. The molecule has 0 radical (unpaired) electrons. The van der Waals surface area contributed by atoms with Crippen LogP contribution in [0.5, 0.6) is 23.0 Å². The molecule has 2 aromatic rings. The highest BCUT2D eigenvalue weighted by molar-refractivity contribution is 5.93. The van der Waals surface area contributed by atoms with E-state index in [2.05, 4.69) is 10.2 Å². The number of rotatable bonds is 11. The molecule has 0 saturated carbocycles. The minimum Gasteiger partial charge on any atom is -0.497 e. The summed E-state index contributed by atoms with van der Waals surface area (Å²) in [6, 6.07) is 9.43. The van der Waals surface area contributed by atoms with Crippen molar-refractivity contribution in [1.82, 2.24) is 0 Å². The van der Waals surface area contributed by atoms with E-state index in [1.54, 1.807) is 14.2 Å². The predicted molar refractivity (Wildman–Crippen MR) is 128 cm³/mol. The van der Waals surface area contributed by atoms with E-state index in [-0.39, 0.29) is 5.91 Å². The lowest BCUT2D eigenvalue weighted by Gasteiger charge is -2.31. The Hall–Kier alpha value is -3.13. The van der Waals surface area contributed by atoms with E-state index in [0.717, 1.165) is 30.1 Å². The third kappa shape index (κ3) is 6.68. The van der Waals surface area contributed by atoms with Gasteiger partial charge in [0.05, 0.1) is 52.0 Å². The summed E-state index contributed by atoms with van der Waals surface area (Å²) < 4.78 is 27.9. The van der Waals surface area contributed by atoms with Crippen molar-refractivity contribution in [2.45, 2.75) is 26.7 Å². The van der Waals surface area contributed by atoms with Gasteiger partial charge in [-0.2, -0.15) is 0 Å². The van der Waals surface area contributed by atoms with E-state index in [0.29, 0.717) is 62.2 Å². The van der Waals surface area contributed by atoms with Gasteiger partial charge in [0.15, 0.2) is 0 Å². The van der Waals surface area contributed by atoms with Gasteiger partial charge in [0.25, 0.3) is 0 Å². The van der Waals surface area contributed by atoms with Crippen molar-refractivity contribution in [3.05, 3.63) is 35.9 Å². The fourth-order valence-corrected chi connectivity index (χ4v) is 3.73. The average Bonchev–Trinajstić information content (AvgIpc) is 2.84. The van der Waals surface area contributed by atoms with Crippen LogP contribution in [-0.2, 0) is 16.0 Å². The van der Waals surface area contributed by atoms with Gasteiger partial charge in [0.1, 0.15) is 23.0 Å². The van der Waals surface area contributed by atoms with E-state index in [9.17, 15) is 4.79 Å². The Morgan fingerprint density at radius 3 is 2.18 bits per heavy atom. The number of hydrogen-bond donors (Lipinski definition) is 1. The summed E-state index contributed by atoms with van der Waals surface area (Å²) in [5, 5.41) is 3.00. The van der Waals surface area contributed by atoms with Crippen molar-refractivity contribution in [3.63, 3.8) is 0 Å². The molecule has 1 saturated heterocycles. The van der Waals surface area contributed by atoms with E-state index in [1.807, 2.05) is 44.2 Å². The van der Waals surface area contributed by atoms with Crippen LogP contribution >= 0.6 is 0 Å². The lowest BCUT2D eigenvalue weighted by molar-refractivity contribution is -0.116. The van der Waals surface area contributed by atoms with Gasteiger partial charge < -0.3 is 33.9 Å². The summed E-state index contributed by atoms with van der Waals surface area (Å²) in [6.45, 7) is 7.78. The van der Waals surface area contributed by atoms with E-state index in [1.165, 1.54) is 0 Å². The number of amides is 1. The Balaban J connectivity index is 1.77. The van der Waals surface area contributed by atoms with Gasteiger partial charge in [-0.05, 0) is 38.0 Å². The number of aryl methyl sites for hydroxylation is 1. The summed E-state index contributed by atoms with van der Waals surface area (Å²) >= 11 is 0. The van der Waals surface area contributed by atoms with Crippen LogP contribution in [0.3, 0.4) is 0 Å². The zero-order chi connectivity index (χ0) is 23.6. The lowest BCUT2D eigenvalue weighted by Crippen LogP contribution is -2.36. The van der Waals surface area contributed by atoms with Gasteiger partial charge in [0, 0.05) is 37.7 Å². The molecule has 0 unspecified atom stereocenters. The molecule has 3 rings (SSSR count). The number of nitrogens with one attached hydrogen (secondary N) is 1. The van der Waals surface area contributed by atoms with Crippen LogP contribution < -0.4 is 29.2 Å². The smallest absolute Gasteiger partial charge is 0.224 e. The van der Waals surface area contributed by atoms with Crippen LogP contribution in [-0.4, -0.2) is 59.6 Å². The molecule has 1 fully saturated rings. The highest BCUT2D eigenvalue weighted by Gasteiger charge is 2.20. The number of benzene rings is 2. The minimum absolute atomic E-state index is 0.112. The Morgan fingerprint density at radius 2 is 1.58 bits per heavy atom. The van der Waals surface area contributed by atoms with Gasteiger partial charge in [-0.3, -0.25) is 4.79 Å². The van der Waals surface area contributed by atoms with E-state index in [4.69, 9.17) is 23.7 Å². The summed E-state index contributed by atoms with van der Waals surface area (Å²) in [5.74, 6) is 2.63. The SMILES string of the molecule is CCOc1cc(N2CCOCC2)c(OCC)cc1NC(=O)CCc1cc(OC)cc(OC)c1. The number of carbonyl (C=O) groups excluding carboxylic acids is 1. The molecule has 33 heavy (non-hydrogen) atoms. The maximum absolute atomic E-state index is 12.8. The Kier molecular flexibility index (Phi) is 9.06. The van der Waals surface area contributed by atoms with Gasteiger partial charge in [0.2, 0.25) is 5.91 Å². The molecular formula is C25H34N2O6. The van der Waals surface area contributed by atoms with Crippen molar-refractivity contribution >= 4 is 17.3 Å². The van der Waals surface area contributed by atoms with Gasteiger partial charge >= 0.3 is 0 Å². The van der Waals surface area contributed by atoms with Gasteiger partial charge in [-0.25, -0.2) is 0 Å². The molecule has 180 valence electrons. The standard InChI is InChI=1S/C25H34N2O6/c1-5-32-23-17-22(27-9-11-31-12-10-27)24(33-6-2)16-21(23)26-25(28)8-7-18-13-19(29-3)15-20(14-18)30-4/h13-17H,5-12H2,1-4H3,(H,26,28). The van der Waals surface area contributed by atoms with Crippen molar-refractivity contribution in [3.8, 4) is 23.0 Å². The van der Waals surface area contributed by atoms with Gasteiger partial charge in [-0.15, -0.1) is 0 Å². The number of methoxy groups -OCH3 is 2. The molecule has 1 heterocycles. The van der Waals surface area contributed by atoms with Crippen LogP contribution in [0.4, 0.5) is 11.4 Å². The maximum atomic E-state index is 12.8. The molecule has 1 aliphatic rings. The summed E-state index contributed by atoms with van der Waals surface area (Å²) in [4.78, 5) is 15.0. The molecule has 0 spiro atoms. The fraction of sp³-hybridized carbons (Fsp3) is 0.480. The van der Waals surface area contributed by atoms with Gasteiger partial charge in [-0.1, -0.05) is 0 Å². The number of hydrogen-bond acceptors (Lipinski definition) is 7. The quantitative estimate of drug-likeness (QED) is 0.547. The molecule has 2 aromatic carbocycles. The van der Waals surface area contributed by atoms with Crippen LogP contribution in [0, 0.1) is 0 Å². The highest BCUT2D eigenvalue weighted by atomic mass is 16.5. The Morgan fingerprint density at radius 1 is 0.939 bits per heavy atom. The van der Waals surface area contributed by atoms with Crippen LogP contribution in [0.15, 0.2) is 30.3 Å². The Bertz CT molecular complexity index is 905. The summed E-state index contributed by atoms with van der Waals surface area (Å²) in [7, 11) is 3.22. The topological polar surface area (TPSA) is 78.5 Å². The molecular weight excluding hydrogens is 424 g/mol. The van der Waals surface area contributed by atoms with E-state index < -0.39 is 0 Å². The molecule has 0 aliphatic carbocycles. The van der Waals surface area contributed by atoms with Crippen LogP contribution in [0.1, 0.15) is 25.8 Å². The van der Waals surface area contributed by atoms with Crippen LogP contribution in [0.2, 0.25) is 0 Å². The summed E-state index contributed by atoms with van der Waals surface area (Å²) in [5.41, 5.74) is 2.51. The average molecular weight is 459 g/mol. The second-order valence-corrected chi connectivity index (χ2v) is 7.55. The first kappa shape index (κ1) is 24.5. The second kappa shape index (κ2) is 12.2.